The van der Waals surface area contributed by atoms with Gasteiger partial charge < -0.3 is 19.1 Å². The number of amides is 2. The predicted molar refractivity (Wildman–Crippen MR) is 80.9 cm³/mol. The first kappa shape index (κ1) is 15.1. The molecule has 6 heteroatoms. The van der Waals surface area contributed by atoms with Gasteiger partial charge in [-0.05, 0) is 26.1 Å². The van der Waals surface area contributed by atoms with Crippen LogP contribution in [-0.4, -0.2) is 65.8 Å². The van der Waals surface area contributed by atoms with E-state index >= 15 is 0 Å². The van der Waals surface area contributed by atoms with E-state index in [9.17, 15) is 9.59 Å². The molecule has 120 valence electrons. The Labute approximate surface area is 130 Å². The van der Waals surface area contributed by atoms with Gasteiger partial charge >= 0.3 is 0 Å². The molecule has 2 saturated heterocycles. The predicted octanol–water partition coefficient (Wildman–Crippen LogP) is 0.791. The lowest BCUT2D eigenvalue weighted by molar-refractivity contribution is -0.139. The van der Waals surface area contributed by atoms with Crippen LogP contribution in [0.4, 0.5) is 0 Å². The number of carbonyl (C=O) groups excluding carboxylic acids is 2. The number of likely N-dealkylation sites (tertiary alicyclic amines) is 1. The van der Waals surface area contributed by atoms with Gasteiger partial charge in [0.1, 0.15) is 5.76 Å². The van der Waals surface area contributed by atoms with Crippen LogP contribution in [0.1, 0.15) is 19.1 Å². The largest absolute Gasteiger partial charge is 0.467 e. The van der Waals surface area contributed by atoms with Gasteiger partial charge in [-0.25, -0.2) is 0 Å². The number of nitrogens with zero attached hydrogens (tertiary/aromatic N) is 3. The first-order chi connectivity index (χ1) is 10.5. The molecule has 0 bridgehead atoms. The van der Waals surface area contributed by atoms with Crippen LogP contribution in [0, 0.1) is 5.92 Å². The molecular formula is C16H23N3O3. The van der Waals surface area contributed by atoms with E-state index in [4.69, 9.17) is 4.42 Å². The van der Waals surface area contributed by atoms with E-state index in [2.05, 4.69) is 18.9 Å². The van der Waals surface area contributed by atoms with Crippen LogP contribution in [0.25, 0.3) is 0 Å². The smallest absolute Gasteiger partial charge is 0.228 e. The second-order valence-corrected chi connectivity index (χ2v) is 6.40. The quantitative estimate of drug-likeness (QED) is 0.828. The fraction of sp³-hybridized carbons (Fsp3) is 0.625. The molecule has 0 radical (unpaired) electrons. The van der Waals surface area contributed by atoms with Crippen molar-refractivity contribution in [2.24, 2.45) is 5.92 Å². The first-order valence-electron chi connectivity index (χ1n) is 7.84. The van der Waals surface area contributed by atoms with Gasteiger partial charge in [0.2, 0.25) is 11.8 Å². The minimum atomic E-state index is -0.215. The molecule has 3 heterocycles. The van der Waals surface area contributed by atoms with Gasteiger partial charge in [-0.15, -0.1) is 0 Å². The molecule has 0 N–H and O–H groups in total. The van der Waals surface area contributed by atoms with Crippen molar-refractivity contribution < 1.29 is 14.0 Å². The van der Waals surface area contributed by atoms with Crippen LogP contribution >= 0.6 is 0 Å². The van der Waals surface area contributed by atoms with Gasteiger partial charge in [0.25, 0.3) is 0 Å². The average Bonchev–Trinajstić information content (AvgIpc) is 3.09. The number of likely N-dealkylation sites (N-methyl/N-ethyl adjacent to an activating group) is 1. The topological polar surface area (TPSA) is 57.0 Å². The fourth-order valence-corrected chi connectivity index (χ4v) is 3.38. The summed E-state index contributed by atoms with van der Waals surface area (Å²) in [6, 6.07) is 3.87. The molecule has 1 aromatic rings. The molecule has 0 saturated carbocycles. The SMILES string of the molecule is C[C@H]1CN(C)CCN1C(=O)[C@H]1CC(=O)N(Cc2ccco2)C1. The summed E-state index contributed by atoms with van der Waals surface area (Å²) < 4.78 is 5.29. The number of rotatable bonds is 3. The molecule has 0 aromatic carbocycles. The lowest BCUT2D eigenvalue weighted by atomic mass is 10.0. The molecule has 2 atom stereocenters. The Morgan fingerprint density at radius 1 is 1.36 bits per heavy atom. The van der Waals surface area contributed by atoms with Crippen molar-refractivity contribution in [2.75, 3.05) is 33.2 Å². The number of carbonyl (C=O) groups is 2. The van der Waals surface area contributed by atoms with E-state index in [0.717, 1.165) is 25.4 Å². The molecule has 1 aromatic heterocycles. The van der Waals surface area contributed by atoms with Crippen LogP contribution in [0.15, 0.2) is 22.8 Å². The van der Waals surface area contributed by atoms with Crippen LogP contribution < -0.4 is 0 Å². The number of hydrogen-bond donors (Lipinski definition) is 0. The highest BCUT2D eigenvalue weighted by Gasteiger charge is 2.38. The second kappa shape index (κ2) is 6.12. The highest BCUT2D eigenvalue weighted by atomic mass is 16.3. The van der Waals surface area contributed by atoms with Crippen molar-refractivity contribution in [3.63, 3.8) is 0 Å². The van der Waals surface area contributed by atoms with E-state index in [-0.39, 0.29) is 23.8 Å². The Balaban J connectivity index is 1.61. The first-order valence-corrected chi connectivity index (χ1v) is 7.84. The Hall–Kier alpha value is -1.82. The zero-order chi connectivity index (χ0) is 15.7. The Morgan fingerprint density at radius 3 is 2.86 bits per heavy atom. The highest BCUT2D eigenvalue weighted by Crippen LogP contribution is 2.24. The average molecular weight is 305 g/mol. The Kier molecular flexibility index (Phi) is 4.20. The molecule has 0 spiro atoms. The van der Waals surface area contributed by atoms with Crippen molar-refractivity contribution in [3.05, 3.63) is 24.2 Å². The van der Waals surface area contributed by atoms with Gasteiger partial charge in [-0.3, -0.25) is 9.59 Å². The molecule has 2 aliphatic rings. The minimum absolute atomic E-state index is 0.0385. The van der Waals surface area contributed by atoms with Crippen molar-refractivity contribution in [1.29, 1.82) is 0 Å². The maximum atomic E-state index is 12.7. The molecule has 0 aliphatic carbocycles. The van der Waals surface area contributed by atoms with Crippen molar-refractivity contribution in [1.82, 2.24) is 14.7 Å². The van der Waals surface area contributed by atoms with Gasteiger partial charge in [0, 0.05) is 38.6 Å². The van der Waals surface area contributed by atoms with Crippen molar-refractivity contribution in [2.45, 2.75) is 25.9 Å². The monoisotopic (exact) mass is 305 g/mol. The van der Waals surface area contributed by atoms with Gasteiger partial charge in [0.15, 0.2) is 0 Å². The maximum Gasteiger partial charge on any atom is 0.228 e. The zero-order valence-electron chi connectivity index (χ0n) is 13.2. The second-order valence-electron chi connectivity index (χ2n) is 6.40. The number of furan rings is 1. The summed E-state index contributed by atoms with van der Waals surface area (Å²) in [5, 5.41) is 0. The van der Waals surface area contributed by atoms with E-state index in [1.54, 1.807) is 11.2 Å². The molecule has 22 heavy (non-hydrogen) atoms. The van der Waals surface area contributed by atoms with Crippen LogP contribution in [0.2, 0.25) is 0 Å². The van der Waals surface area contributed by atoms with E-state index in [0.29, 0.717) is 19.5 Å². The minimum Gasteiger partial charge on any atom is -0.467 e. The van der Waals surface area contributed by atoms with Crippen molar-refractivity contribution in [3.8, 4) is 0 Å². The third-order valence-corrected chi connectivity index (χ3v) is 4.60. The Bertz CT molecular complexity index is 543. The zero-order valence-corrected chi connectivity index (χ0v) is 13.2. The summed E-state index contributed by atoms with van der Waals surface area (Å²) in [7, 11) is 2.07. The molecule has 0 unspecified atom stereocenters. The molecule has 3 rings (SSSR count). The highest BCUT2D eigenvalue weighted by molar-refractivity contribution is 5.89. The molecule has 2 fully saturated rings. The molecule has 2 aliphatic heterocycles. The maximum absolute atomic E-state index is 12.7. The third kappa shape index (κ3) is 3.02. The number of hydrogen-bond acceptors (Lipinski definition) is 4. The van der Waals surface area contributed by atoms with Crippen LogP contribution in [0.3, 0.4) is 0 Å². The summed E-state index contributed by atoms with van der Waals surface area (Å²) in [6.45, 7) is 5.56. The molecule has 2 amide bonds. The normalized spacial score (nSPS) is 26.7. The van der Waals surface area contributed by atoms with Gasteiger partial charge in [-0.1, -0.05) is 0 Å². The Morgan fingerprint density at radius 2 is 2.18 bits per heavy atom. The van der Waals surface area contributed by atoms with Gasteiger partial charge in [-0.2, -0.15) is 0 Å². The fourth-order valence-electron chi connectivity index (χ4n) is 3.38. The lowest BCUT2D eigenvalue weighted by Crippen LogP contribution is -2.54. The summed E-state index contributed by atoms with van der Waals surface area (Å²) >= 11 is 0. The summed E-state index contributed by atoms with van der Waals surface area (Å²) in [5.41, 5.74) is 0. The summed E-state index contributed by atoms with van der Waals surface area (Å²) in [6.07, 6.45) is 1.92. The van der Waals surface area contributed by atoms with E-state index < -0.39 is 0 Å². The van der Waals surface area contributed by atoms with E-state index in [1.807, 2.05) is 17.0 Å². The standard InChI is InChI=1S/C16H23N3O3/c1-12-9-17(2)5-6-19(12)16(21)13-8-15(20)18(10-13)11-14-4-3-7-22-14/h3-4,7,12-13H,5-6,8-11H2,1-2H3/t12-,13-/m0/s1. The summed E-state index contributed by atoms with van der Waals surface area (Å²) in [4.78, 5) is 30.7. The molecule has 6 nitrogen and oxygen atoms in total. The number of piperazine rings is 1. The lowest BCUT2D eigenvalue weighted by Gasteiger charge is -2.39. The summed E-state index contributed by atoms with van der Waals surface area (Å²) in [5.74, 6) is 0.704. The van der Waals surface area contributed by atoms with E-state index in [1.165, 1.54) is 0 Å². The van der Waals surface area contributed by atoms with Crippen LogP contribution in [-0.2, 0) is 16.1 Å². The third-order valence-electron chi connectivity index (χ3n) is 4.60. The van der Waals surface area contributed by atoms with Gasteiger partial charge in [0.05, 0.1) is 18.7 Å². The molecular weight excluding hydrogens is 282 g/mol. The van der Waals surface area contributed by atoms with Crippen molar-refractivity contribution >= 4 is 11.8 Å². The van der Waals surface area contributed by atoms with Crippen LogP contribution in [0.5, 0.6) is 0 Å².